The van der Waals surface area contributed by atoms with Gasteiger partial charge < -0.3 is 10.2 Å². The first-order valence-corrected chi connectivity index (χ1v) is 12.6. The molecule has 0 atom stereocenters. The molecule has 3 fully saturated rings. The van der Waals surface area contributed by atoms with Crippen LogP contribution < -0.4 is 5.32 Å². The van der Waals surface area contributed by atoms with Gasteiger partial charge >= 0.3 is 0 Å². The average molecular weight is 437 g/mol. The largest absolute Gasteiger partial charge is 0.381 e. The van der Waals surface area contributed by atoms with Gasteiger partial charge in [-0.05, 0) is 50.5 Å². The molecule has 1 N–H and O–H groups in total. The van der Waals surface area contributed by atoms with Crippen molar-refractivity contribution in [2.45, 2.75) is 62.3 Å². The number of rotatable bonds is 7. The van der Waals surface area contributed by atoms with Crippen LogP contribution in [0.3, 0.4) is 0 Å². The predicted molar refractivity (Wildman–Crippen MR) is 116 cm³/mol. The van der Waals surface area contributed by atoms with Gasteiger partial charge in [0.15, 0.2) is 0 Å². The van der Waals surface area contributed by atoms with E-state index < -0.39 is 14.9 Å². The highest BCUT2D eigenvalue weighted by molar-refractivity contribution is 7.89. The Bertz CT molecular complexity index is 856. The SMILES string of the molecule is O=[N+]([O-])c1ccc(NC2CCN(CC3CCCC3)CC2)c(S(=O)(=O)N2CCCC2)c1. The second-order valence-corrected chi connectivity index (χ2v) is 10.8. The molecule has 2 aliphatic heterocycles. The second kappa shape index (κ2) is 9.20. The number of sulfonamides is 1. The molecule has 2 saturated heterocycles. The van der Waals surface area contributed by atoms with Crippen LogP contribution in [-0.4, -0.2) is 61.3 Å². The first kappa shape index (κ1) is 21.5. The summed E-state index contributed by atoms with van der Waals surface area (Å²) >= 11 is 0. The van der Waals surface area contributed by atoms with Crippen molar-refractivity contribution in [2.75, 3.05) is 38.0 Å². The van der Waals surface area contributed by atoms with Crippen LogP contribution in [0.5, 0.6) is 0 Å². The first-order valence-electron chi connectivity index (χ1n) is 11.2. The van der Waals surface area contributed by atoms with Gasteiger partial charge in [-0.3, -0.25) is 10.1 Å². The van der Waals surface area contributed by atoms with Gasteiger partial charge in [-0.1, -0.05) is 12.8 Å². The summed E-state index contributed by atoms with van der Waals surface area (Å²) in [5.41, 5.74) is 0.298. The molecule has 30 heavy (non-hydrogen) atoms. The lowest BCUT2D eigenvalue weighted by Crippen LogP contribution is -2.41. The molecule has 0 aromatic heterocycles. The van der Waals surface area contributed by atoms with Crippen molar-refractivity contribution >= 4 is 21.4 Å². The lowest BCUT2D eigenvalue weighted by Gasteiger charge is -2.34. The number of nitrogens with one attached hydrogen (secondary N) is 1. The lowest BCUT2D eigenvalue weighted by atomic mass is 10.0. The van der Waals surface area contributed by atoms with Crippen LogP contribution in [0.15, 0.2) is 23.1 Å². The van der Waals surface area contributed by atoms with Crippen molar-refractivity contribution in [3.05, 3.63) is 28.3 Å². The fourth-order valence-corrected chi connectivity index (χ4v) is 6.75. The van der Waals surface area contributed by atoms with E-state index in [-0.39, 0.29) is 16.6 Å². The summed E-state index contributed by atoms with van der Waals surface area (Å²) in [4.78, 5) is 13.3. The monoisotopic (exact) mass is 436 g/mol. The molecule has 2 heterocycles. The van der Waals surface area contributed by atoms with E-state index in [9.17, 15) is 18.5 Å². The Morgan fingerprint density at radius 3 is 2.30 bits per heavy atom. The zero-order valence-corrected chi connectivity index (χ0v) is 18.3. The number of anilines is 1. The highest BCUT2D eigenvalue weighted by Crippen LogP contribution is 2.32. The van der Waals surface area contributed by atoms with Crippen molar-refractivity contribution in [2.24, 2.45) is 5.92 Å². The molecule has 1 aliphatic carbocycles. The van der Waals surface area contributed by atoms with Crippen molar-refractivity contribution in [3.8, 4) is 0 Å². The Morgan fingerprint density at radius 1 is 1.00 bits per heavy atom. The molecular formula is C21H32N4O4S. The van der Waals surface area contributed by atoms with E-state index >= 15 is 0 Å². The number of non-ortho nitro benzene ring substituents is 1. The van der Waals surface area contributed by atoms with Crippen molar-refractivity contribution in [1.29, 1.82) is 0 Å². The van der Waals surface area contributed by atoms with Gasteiger partial charge in [0, 0.05) is 50.9 Å². The minimum absolute atomic E-state index is 0.0342. The Morgan fingerprint density at radius 2 is 1.67 bits per heavy atom. The van der Waals surface area contributed by atoms with Crippen LogP contribution in [0.2, 0.25) is 0 Å². The molecule has 1 aromatic carbocycles. The lowest BCUT2D eigenvalue weighted by molar-refractivity contribution is -0.385. The molecule has 0 amide bonds. The molecule has 3 aliphatic rings. The minimum Gasteiger partial charge on any atom is -0.381 e. The highest BCUT2D eigenvalue weighted by atomic mass is 32.2. The van der Waals surface area contributed by atoms with Crippen LogP contribution in [0.4, 0.5) is 11.4 Å². The van der Waals surface area contributed by atoms with Gasteiger partial charge in [0.05, 0.1) is 10.6 Å². The number of hydrogen-bond donors (Lipinski definition) is 1. The first-order chi connectivity index (χ1) is 14.4. The summed E-state index contributed by atoms with van der Waals surface area (Å²) in [5.74, 6) is 0.835. The Labute approximate surface area is 178 Å². The summed E-state index contributed by atoms with van der Waals surface area (Å²) in [7, 11) is -3.75. The highest BCUT2D eigenvalue weighted by Gasteiger charge is 2.32. The van der Waals surface area contributed by atoms with E-state index in [0.717, 1.165) is 44.7 Å². The minimum atomic E-state index is -3.75. The second-order valence-electron chi connectivity index (χ2n) is 8.92. The molecule has 8 nitrogen and oxygen atoms in total. The maximum absolute atomic E-state index is 13.2. The molecule has 166 valence electrons. The summed E-state index contributed by atoms with van der Waals surface area (Å²) in [6, 6.07) is 4.34. The average Bonchev–Trinajstić information content (AvgIpc) is 3.44. The van der Waals surface area contributed by atoms with Gasteiger partial charge in [0.1, 0.15) is 4.90 Å². The van der Waals surface area contributed by atoms with Crippen LogP contribution in [0.25, 0.3) is 0 Å². The molecule has 0 unspecified atom stereocenters. The third-order valence-corrected chi connectivity index (χ3v) is 8.74. The molecule has 0 bridgehead atoms. The Balaban J connectivity index is 1.46. The normalized spacial score (nSPS) is 22.5. The number of nitro benzene ring substituents is 1. The quantitative estimate of drug-likeness (QED) is 0.520. The van der Waals surface area contributed by atoms with Crippen LogP contribution in [-0.2, 0) is 10.0 Å². The van der Waals surface area contributed by atoms with E-state index in [0.29, 0.717) is 18.8 Å². The standard InChI is InChI=1S/C21H32N4O4S/c26-25(27)19-7-8-20(21(15-19)30(28,29)24-11-3-4-12-24)22-18-9-13-23(14-10-18)16-17-5-1-2-6-17/h7-8,15,17-18,22H,1-6,9-14,16H2. The van der Waals surface area contributed by atoms with Crippen molar-refractivity contribution < 1.29 is 13.3 Å². The molecule has 1 aromatic rings. The third-order valence-electron chi connectivity index (χ3n) is 6.80. The van der Waals surface area contributed by atoms with E-state index in [1.165, 1.54) is 48.7 Å². The fourth-order valence-electron chi connectivity index (χ4n) is 5.06. The topological polar surface area (TPSA) is 95.8 Å². The predicted octanol–water partition coefficient (Wildman–Crippen LogP) is 3.45. The molecular weight excluding hydrogens is 404 g/mol. The van der Waals surface area contributed by atoms with Crippen LogP contribution >= 0.6 is 0 Å². The maximum Gasteiger partial charge on any atom is 0.270 e. The Kier molecular flexibility index (Phi) is 6.60. The van der Waals surface area contributed by atoms with E-state index in [1.54, 1.807) is 6.07 Å². The number of nitro groups is 1. The number of nitrogens with zero attached hydrogens (tertiary/aromatic N) is 3. The number of hydrogen-bond acceptors (Lipinski definition) is 6. The number of benzene rings is 1. The molecule has 9 heteroatoms. The maximum atomic E-state index is 13.2. The molecule has 1 saturated carbocycles. The number of piperidine rings is 1. The number of likely N-dealkylation sites (tertiary alicyclic amines) is 1. The van der Waals surface area contributed by atoms with Gasteiger partial charge in [0.25, 0.3) is 5.69 Å². The molecule has 0 spiro atoms. The zero-order valence-electron chi connectivity index (χ0n) is 17.5. The van der Waals surface area contributed by atoms with E-state index in [1.807, 2.05) is 0 Å². The van der Waals surface area contributed by atoms with E-state index in [4.69, 9.17) is 0 Å². The summed E-state index contributed by atoms with van der Waals surface area (Å²) in [6.45, 7) is 4.15. The molecule has 4 rings (SSSR count). The van der Waals surface area contributed by atoms with E-state index in [2.05, 4.69) is 10.2 Å². The van der Waals surface area contributed by atoms with Gasteiger partial charge in [-0.2, -0.15) is 4.31 Å². The molecule has 0 radical (unpaired) electrons. The smallest absolute Gasteiger partial charge is 0.270 e. The summed E-state index contributed by atoms with van der Waals surface area (Å²) < 4.78 is 27.8. The van der Waals surface area contributed by atoms with Crippen LogP contribution in [0.1, 0.15) is 51.4 Å². The van der Waals surface area contributed by atoms with Gasteiger partial charge in [-0.15, -0.1) is 0 Å². The van der Waals surface area contributed by atoms with Crippen LogP contribution in [0, 0.1) is 16.0 Å². The summed E-state index contributed by atoms with van der Waals surface area (Å²) in [6.07, 6.45) is 8.97. The fraction of sp³-hybridized carbons (Fsp3) is 0.714. The Hall–Kier alpha value is -1.71. The van der Waals surface area contributed by atoms with Gasteiger partial charge in [0.2, 0.25) is 10.0 Å². The summed E-state index contributed by atoms with van der Waals surface area (Å²) in [5, 5.41) is 14.7. The van der Waals surface area contributed by atoms with Crippen molar-refractivity contribution in [3.63, 3.8) is 0 Å². The van der Waals surface area contributed by atoms with Gasteiger partial charge in [-0.25, -0.2) is 8.42 Å². The van der Waals surface area contributed by atoms with Crippen molar-refractivity contribution in [1.82, 2.24) is 9.21 Å². The zero-order chi connectivity index (χ0) is 21.1. The third kappa shape index (κ3) is 4.78.